The van der Waals surface area contributed by atoms with Crippen molar-refractivity contribution in [2.24, 2.45) is 5.92 Å². The smallest absolute Gasteiger partial charge is 0.327 e. The largest absolute Gasteiger partial charge is 0.480 e. The van der Waals surface area contributed by atoms with Crippen LogP contribution in [0.5, 0.6) is 0 Å². The van der Waals surface area contributed by atoms with E-state index in [4.69, 9.17) is 5.11 Å². The van der Waals surface area contributed by atoms with Gasteiger partial charge in [0.25, 0.3) is 0 Å². The summed E-state index contributed by atoms with van der Waals surface area (Å²) < 4.78 is 0. The van der Waals surface area contributed by atoms with E-state index in [1.807, 2.05) is 0 Å². The topological polar surface area (TPSA) is 95.5 Å². The van der Waals surface area contributed by atoms with Crippen molar-refractivity contribution >= 4 is 29.5 Å². The fraction of sp³-hybridized carbons (Fsp3) is 0.786. The molecule has 0 saturated heterocycles. The van der Waals surface area contributed by atoms with E-state index in [2.05, 4.69) is 17.6 Å². The van der Waals surface area contributed by atoms with Crippen molar-refractivity contribution in [1.29, 1.82) is 0 Å². The number of carbonyl (C=O) groups is 3. The van der Waals surface area contributed by atoms with Gasteiger partial charge in [-0.3, -0.25) is 9.59 Å². The molecule has 120 valence electrons. The summed E-state index contributed by atoms with van der Waals surface area (Å²) in [5.41, 5.74) is 0. The van der Waals surface area contributed by atoms with Gasteiger partial charge in [0, 0.05) is 18.7 Å². The third-order valence-electron chi connectivity index (χ3n) is 3.65. The highest BCUT2D eigenvalue weighted by Gasteiger charge is 2.23. The molecule has 2 amide bonds. The Labute approximate surface area is 129 Å². The summed E-state index contributed by atoms with van der Waals surface area (Å²) in [4.78, 5) is 33.7. The van der Waals surface area contributed by atoms with Gasteiger partial charge in [0.1, 0.15) is 6.04 Å². The Bertz CT molecular complexity index is 389. The first-order chi connectivity index (χ1) is 9.90. The highest BCUT2D eigenvalue weighted by Crippen LogP contribution is 2.23. The molecule has 7 heteroatoms. The molecule has 0 aromatic rings. The summed E-state index contributed by atoms with van der Waals surface area (Å²) in [6, 6.07) is -0.716. The number of carbonyl (C=O) groups excluding carboxylic acids is 2. The minimum absolute atomic E-state index is 0.0642. The monoisotopic (exact) mass is 316 g/mol. The van der Waals surface area contributed by atoms with E-state index in [9.17, 15) is 14.4 Å². The summed E-state index contributed by atoms with van der Waals surface area (Å²) in [6.45, 7) is 3.42. The number of hydrogen-bond acceptors (Lipinski definition) is 4. The van der Waals surface area contributed by atoms with Gasteiger partial charge in [-0.25, -0.2) is 4.79 Å². The van der Waals surface area contributed by atoms with Gasteiger partial charge < -0.3 is 15.7 Å². The lowest BCUT2D eigenvalue weighted by atomic mass is 9.86. The van der Waals surface area contributed by atoms with Crippen LogP contribution in [-0.4, -0.2) is 46.5 Å². The van der Waals surface area contributed by atoms with Crippen molar-refractivity contribution in [1.82, 2.24) is 10.6 Å². The lowest BCUT2D eigenvalue weighted by Crippen LogP contribution is -2.43. The number of nitrogens with one attached hydrogen (secondary N) is 2. The number of carboxylic acids is 1. The number of rotatable bonds is 7. The van der Waals surface area contributed by atoms with Crippen molar-refractivity contribution in [3.63, 3.8) is 0 Å². The Hall–Kier alpha value is -1.24. The van der Waals surface area contributed by atoms with E-state index in [1.165, 1.54) is 25.1 Å². The molecule has 0 aromatic heterocycles. The molecule has 3 unspecified atom stereocenters. The maximum atomic E-state index is 11.9. The Kier molecular flexibility index (Phi) is 7.56. The lowest BCUT2D eigenvalue weighted by Gasteiger charge is -2.29. The summed E-state index contributed by atoms with van der Waals surface area (Å²) in [6.07, 6.45) is 4.52. The van der Waals surface area contributed by atoms with Crippen LogP contribution in [0.4, 0.5) is 0 Å². The first-order valence-electron chi connectivity index (χ1n) is 7.27. The molecule has 21 heavy (non-hydrogen) atoms. The quantitative estimate of drug-likeness (QED) is 0.651. The number of carboxylic acid groups (broad SMARTS) is 1. The van der Waals surface area contributed by atoms with Crippen molar-refractivity contribution in [3.05, 3.63) is 0 Å². The van der Waals surface area contributed by atoms with Crippen molar-refractivity contribution in [3.8, 4) is 0 Å². The van der Waals surface area contributed by atoms with Crippen LogP contribution >= 0.6 is 11.8 Å². The molecule has 6 nitrogen and oxygen atoms in total. The molecule has 0 aliphatic heterocycles. The SMILES string of the molecule is CC(=O)NC(CSCC(=O)NC1CCCCC1C)C(=O)O. The fourth-order valence-corrected chi connectivity index (χ4v) is 3.32. The van der Waals surface area contributed by atoms with Gasteiger partial charge in [-0.1, -0.05) is 19.8 Å². The Morgan fingerprint density at radius 1 is 1.29 bits per heavy atom. The molecule has 0 radical (unpaired) electrons. The van der Waals surface area contributed by atoms with Gasteiger partial charge in [-0.15, -0.1) is 11.8 Å². The van der Waals surface area contributed by atoms with Gasteiger partial charge >= 0.3 is 5.97 Å². The molecule has 3 atom stereocenters. The fourth-order valence-electron chi connectivity index (χ4n) is 2.47. The lowest BCUT2D eigenvalue weighted by molar-refractivity contribution is -0.140. The summed E-state index contributed by atoms with van der Waals surface area (Å²) in [7, 11) is 0. The minimum Gasteiger partial charge on any atom is -0.480 e. The minimum atomic E-state index is -1.08. The van der Waals surface area contributed by atoms with Crippen LogP contribution in [0.15, 0.2) is 0 Å². The molecule has 0 heterocycles. The third-order valence-corrected chi connectivity index (χ3v) is 4.69. The van der Waals surface area contributed by atoms with Crippen LogP contribution in [0.1, 0.15) is 39.5 Å². The molecule has 1 saturated carbocycles. The zero-order chi connectivity index (χ0) is 15.8. The predicted molar refractivity (Wildman–Crippen MR) is 82.1 cm³/mol. The van der Waals surface area contributed by atoms with Crippen LogP contribution in [0.2, 0.25) is 0 Å². The highest BCUT2D eigenvalue weighted by molar-refractivity contribution is 8.00. The maximum Gasteiger partial charge on any atom is 0.327 e. The van der Waals surface area contributed by atoms with Gasteiger partial charge in [0.2, 0.25) is 11.8 Å². The normalized spacial score (nSPS) is 23.1. The standard InChI is InChI=1S/C14H24N2O4S/c1-9-5-3-4-6-11(9)16-13(18)8-21-7-12(14(19)20)15-10(2)17/h9,11-12H,3-8H2,1-2H3,(H,15,17)(H,16,18)(H,19,20). The molecule has 3 N–H and O–H groups in total. The second-order valence-electron chi connectivity index (χ2n) is 5.54. The molecule has 1 aliphatic carbocycles. The molecule has 0 spiro atoms. The highest BCUT2D eigenvalue weighted by atomic mass is 32.2. The van der Waals surface area contributed by atoms with Crippen molar-refractivity contribution in [2.45, 2.75) is 51.6 Å². The summed E-state index contributed by atoms with van der Waals surface area (Å²) >= 11 is 1.22. The zero-order valence-electron chi connectivity index (χ0n) is 12.6. The van der Waals surface area contributed by atoms with E-state index in [0.717, 1.165) is 19.3 Å². The second kappa shape index (κ2) is 8.92. The second-order valence-corrected chi connectivity index (χ2v) is 6.57. The molecular weight excluding hydrogens is 292 g/mol. The molecule has 0 bridgehead atoms. The zero-order valence-corrected chi connectivity index (χ0v) is 13.4. The first-order valence-corrected chi connectivity index (χ1v) is 8.42. The maximum absolute atomic E-state index is 11.9. The first kappa shape index (κ1) is 17.8. The number of amides is 2. The Morgan fingerprint density at radius 3 is 2.52 bits per heavy atom. The van der Waals surface area contributed by atoms with Crippen LogP contribution in [-0.2, 0) is 14.4 Å². The van der Waals surface area contributed by atoms with Gasteiger partial charge in [-0.2, -0.15) is 0 Å². The molecule has 0 aromatic carbocycles. The van der Waals surface area contributed by atoms with Crippen LogP contribution in [0.3, 0.4) is 0 Å². The van der Waals surface area contributed by atoms with Gasteiger partial charge in [0.05, 0.1) is 5.75 Å². The number of thioether (sulfide) groups is 1. The van der Waals surface area contributed by atoms with E-state index >= 15 is 0 Å². The third kappa shape index (κ3) is 6.84. The summed E-state index contributed by atoms with van der Waals surface area (Å²) in [5, 5.41) is 14.3. The average molecular weight is 316 g/mol. The van der Waals surface area contributed by atoms with E-state index in [-0.39, 0.29) is 29.4 Å². The average Bonchev–Trinajstić information content (AvgIpc) is 2.39. The van der Waals surface area contributed by atoms with E-state index in [0.29, 0.717) is 5.92 Å². The Balaban J connectivity index is 2.28. The predicted octanol–water partition coefficient (Wildman–Crippen LogP) is 1.00. The van der Waals surface area contributed by atoms with Crippen molar-refractivity contribution in [2.75, 3.05) is 11.5 Å². The van der Waals surface area contributed by atoms with Gasteiger partial charge in [0.15, 0.2) is 0 Å². The van der Waals surface area contributed by atoms with Crippen molar-refractivity contribution < 1.29 is 19.5 Å². The molecular formula is C14H24N2O4S. The van der Waals surface area contributed by atoms with Crippen LogP contribution < -0.4 is 10.6 Å². The van der Waals surface area contributed by atoms with E-state index in [1.54, 1.807) is 0 Å². The molecule has 1 fully saturated rings. The Morgan fingerprint density at radius 2 is 1.95 bits per heavy atom. The van der Waals surface area contributed by atoms with Crippen LogP contribution in [0, 0.1) is 5.92 Å². The summed E-state index contributed by atoms with van der Waals surface area (Å²) in [5.74, 6) is -0.637. The number of hydrogen-bond donors (Lipinski definition) is 3. The molecule has 1 aliphatic rings. The van der Waals surface area contributed by atoms with Crippen LogP contribution in [0.25, 0.3) is 0 Å². The molecule has 1 rings (SSSR count). The van der Waals surface area contributed by atoms with Gasteiger partial charge in [-0.05, 0) is 18.8 Å². The number of aliphatic carboxylic acids is 1. The van der Waals surface area contributed by atoms with E-state index < -0.39 is 12.0 Å².